The van der Waals surface area contributed by atoms with Crippen LogP contribution in [0.25, 0.3) is 5.69 Å². The van der Waals surface area contributed by atoms with Crippen LogP contribution in [0.3, 0.4) is 0 Å². The van der Waals surface area contributed by atoms with Crippen molar-refractivity contribution < 1.29 is 4.79 Å². The predicted molar refractivity (Wildman–Crippen MR) is 104 cm³/mol. The van der Waals surface area contributed by atoms with Gasteiger partial charge in [0.2, 0.25) is 5.16 Å². The summed E-state index contributed by atoms with van der Waals surface area (Å²) >= 11 is 1.36. The van der Waals surface area contributed by atoms with Crippen molar-refractivity contribution in [3.8, 4) is 5.69 Å². The minimum Gasteiger partial charge on any atom is -0.293 e. The molecule has 0 bridgehead atoms. The summed E-state index contributed by atoms with van der Waals surface area (Å²) in [5.41, 5.74) is 7.26. The van der Waals surface area contributed by atoms with Gasteiger partial charge in [-0.25, -0.2) is 0 Å². The number of rotatable bonds is 5. The van der Waals surface area contributed by atoms with Crippen LogP contribution in [0.5, 0.6) is 0 Å². The molecule has 2 aromatic carbocycles. The predicted octanol–water partition coefficient (Wildman–Crippen LogP) is 4.18. The Kier molecular flexibility index (Phi) is 5.23. The van der Waals surface area contributed by atoms with Gasteiger partial charge >= 0.3 is 0 Å². The van der Waals surface area contributed by atoms with Crippen LogP contribution in [0, 0.1) is 34.6 Å². The molecule has 0 aliphatic heterocycles. The van der Waals surface area contributed by atoms with Crippen molar-refractivity contribution in [3.63, 3.8) is 0 Å². The minimum atomic E-state index is 0.0895. The molecule has 0 atom stereocenters. The van der Waals surface area contributed by atoms with Crippen molar-refractivity contribution in [2.75, 3.05) is 5.75 Å². The summed E-state index contributed by atoms with van der Waals surface area (Å²) in [7, 11) is 0. The second-order valence-corrected chi connectivity index (χ2v) is 7.52. The Hall–Kier alpha value is -2.47. The molecule has 0 fully saturated rings. The Bertz CT molecular complexity index is 958. The summed E-state index contributed by atoms with van der Waals surface area (Å²) in [5.74, 6) is 0.390. The number of ketones is 1. The van der Waals surface area contributed by atoms with Crippen molar-refractivity contribution in [2.45, 2.75) is 39.8 Å². The monoisotopic (exact) mass is 366 g/mol. The minimum absolute atomic E-state index is 0.0895. The van der Waals surface area contributed by atoms with Crippen LogP contribution in [-0.4, -0.2) is 31.7 Å². The van der Waals surface area contributed by atoms with Gasteiger partial charge in [0.15, 0.2) is 5.78 Å². The molecular formula is C20H22N4OS. The normalized spacial score (nSPS) is 11.0. The summed E-state index contributed by atoms with van der Waals surface area (Å²) in [6, 6.07) is 10.1. The molecule has 0 spiro atoms. The fourth-order valence-electron chi connectivity index (χ4n) is 3.02. The molecule has 0 aliphatic carbocycles. The van der Waals surface area contributed by atoms with Crippen LogP contribution in [-0.2, 0) is 0 Å². The quantitative estimate of drug-likeness (QED) is 0.501. The van der Waals surface area contributed by atoms with Crippen LogP contribution in [0.1, 0.15) is 38.2 Å². The molecule has 26 heavy (non-hydrogen) atoms. The number of thioether (sulfide) groups is 1. The lowest BCUT2D eigenvalue weighted by atomic mass is 9.99. The van der Waals surface area contributed by atoms with Gasteiger partial charge in [0.25, 0.3) is 0 Å². The topological polar surface area (TPSA) is 60.7 Å². The molecule has 3 aromatic rings. The Morgan fingerprint density at radius 3 is 2.31 bits per heavy atom. The number of aromatic nitrogens is 4. The highest BCUT2D eigenvalue weighted by atomic mass is 32.2. The fourth-order valence-corrected chi connectivity index (χ4v) is 3.78. The van der Waals surface area contributed by atoms with Gasteiger partial charge in [0, 0.05) is 5.56 Å². The van der Waals surface area contributed by atoms with Gasteiger partial charge < -0.3 is 0 Å². The van der Waals surface area contributed by atoms with Crippen LogP contribution in [0.15, 0.2) is 35.5 Å². The maximum absolute atomic E-state index is 12.7. The van der Waals surface area contributed by atoms with Crippen molar-refractivity contribution in [1.29, 1.82) is 0 Å². The summed E-state index contributed by atoms with van der Waals surface area (Å²) < 4.78 is 1.72. The van der Waals surface area contributed by atoms with Gasteiger partial charge in [-0.1, -0.05) is 36.0 Å². The number of tetrazole rings is 1. The average molecular weight is 366 g/mol. The molecule has 3 rings (SSSR count). The van der Waals surface area contributed by atoms with Gasteiger partial charge in [-0.3, -0.25) is 4.79 Å². The molecule has 5 nitrogen and oxygen atoms in total. The number of nitrogens with zero attached hydrogens (tertiary/aromatic N) is 4. The summed E-state index contributed by atoms with van der Waals surface area (Å²) in [6.07, 6.45) is 0. The van der Waals surface area contributed by atoms with E-state index in [4.69, 9.17) is 0 Å². The number of benzene rings is 2. The second kappa shape index (κ2) is 7.41. The number of para-hydroxylation sites is 1. The zero-order valence-electron chi connectivity index (χ0n) is 15.7. The molecule has 0 unspecified atom stereocenters. The van der Waals surface area contributed by atoms with Gasteiger partial charge in [-0.2, -0.15) is 4.68 Å². The molecule has 1 heterocycles. The molecule has 134 valence electrons. The van der Waals surface area contributed by atoms with Crippen LogP contribution < -0.4 is 0 Å². The Balaban J connectivity index is 1.83. The lowest BCUT2D eigenvalue weighted by Crippen LogP contribution is -2.08. The van der Waals surface area contributed by atoms with E-state index in [0.29, 0.717) is 10.9 Å². The Morgan fingerprint density at radius 1 is 0.962 bits per heavy atom. The third kappa shape index (κ3) is 3.55. The Morgan fingerprint density at radius 2 is 1.62 bits per heavy atom. The Labute approximate surface area is 157 Å². The molecular weight excluding hydrogens is 344 g/mol. The standard InChI is InChI=1S/C20H22N4OS/c1-12-7-6-8-13(2)19(12)24-20(21-22-23-24)26-11-18(25)17-10-15(4)14(3)9-16(17)5/h6-10H,11H2,1-5H3. The fraction of sp³-hybridized carbons (Fsp3) is 0.300. The van der Waals surface area contributed by atoms with Crippen molar-refractivity contribution in [3.05, 3.63) is 63.7 Å². The number of Topliss-reactive ketones (excluding diaryl/α,β-unsaturated/α-hetero) is 1. The van der Waals surface area contributed by atoms with E-state index in [-0.39, 0.29) is 5.78 Å². The first-order chi connectivity index (χ1) is 12.4. The maximum Gasteiger partial charge on any atom is 0.214 e. The maximum atomic E-state index is 12.7. The van der Waals surface area contributed by atoms with Gasteiger partial charge in [0.05, 0.1) is 11.4 Å². The second-order valence-electron chi connectivity index (χ2n) is 6.58. The SMILES string of the molecule is Cc1cc(C)c(C(=O)CSc2nnnn2-c2c(C)cccc2C)cc1C. The van der Waals surface area contributed by atoms with E-state index < -0.39 is 0 Å². The van der Waals surface area contributed by atoms with E-state index in [9.17, 15) is 4.79 Å². The van der Waals surface area contributed by atoms with Crippen LogP contribution in [0.2, 0.25) is 0 Å². The first kappa shape index (κ1) is 18.3. The van der Waals surface area contributed by atoms with E-state index >= 15 is 0 Å². The van der Waals surface area contributed by atoms with Gasteiger partial charge in [0.1, 0.15) is 0 Å². The first-order valence-electron chi connectivity index (χ1n) is 8.47. The number of hydrogen-bond donors (Lipinski definition) is 0. The molecule has 0 aliphatic rings. The highest BCUT2D eigenvalue weighted by Crippen LogP contribution is 2.25. The number of aryl methyl sites for hydroxylation is 5. The van der Waals surface area contributed by atoms with E-state index in [0.717, 1.165) is 33.5 Å². The van der Waals surface area contributed by atoms with Crippen LogP contribution >= 0.6 is 11.8 Å². The van der Waals surface area contributed by atoms with E-state index in [2.05, 4.69) is 28.5 Å². The van der Waals surface area contributed by atoms with Gasteiger partial charge in [-0.05, 0) is 78.9 Å². The molecule has 0 radical (unpaired) electrons. The first-order valence-corrected chi connectivity index (χ1v) is 9.46. The molecule has 0 saturated carbocycles. The average Bonchev–Trinajstić information content (AvgIpc) is 3.04. The molecule has 0 N–H and O–H groups in total. The highest BCUT2D eigenvalue weighted by Gasteiger charge is 2.16. The van der Waals surface area contributed by atoms with Crippen molar-refractivity contribution in [2.24, 2.45) is 0 Å². The number of hydrogen-bond acceptors (Lipinski definition) is 5. The largest absolute Gasteiger partial charge is 0.293 e. The van der Waals surface area contributed by atoms with E-state index in [1.54, 1.807) is 4.68 Å². The zero-order chi connectivity index (χ0) is 18.8. The summed E-state index contributed by atoms with van der Waals surface area (Å²) in [5, 5.41) is 12.7. The zero-order valence-corrected chi connectivity index (χ0v) is 16.5. The molecule has 0 amide bonds. The summed E-state index contributed by atoms with van der Waals surface area (Å²) in [4.78, 5) is 12.7. The van der Waals surface area contributed by atoms with E-state index in [1.807, 2.05) is 52.0 Å². The molecule has 6 heteroatoms. The lowest BCUT2D eigenvalue weighted by molar-refractivity contribution is 0.102. The summed E-state index contributed by atoms with van der Waals surface area (Å²) in [6.45, 7) is 10.1. The number of carbonyl (C=O) groups excluding carboxylic acids is 1. The lowest BCUT2D eigenvalue weighted by Gasteiger charge is -2.11. The molecule has 1 aromatic heterocycles. The third-order valence-corrected chi connectivity index (χ3v) is 5.48. The van der Waals surface area contributed by atoms with Crippen LogP contribution in [0.4, 0.5) is 0 Å². The van der Waals surface area contributed by atoms with Crippen molar-refractivity contribution in [1.82, 2.24) is 20.2 Å². The highest BCUT2D eigenvalue weighted by molar-refractivity contribution is 7.99. The number of carbonyl (C=O) groups is 1. The van der Waals surface area contributed by atoms with E-state index in [1.165, 1.54) is 17.3 Å². The van der Waals surface area contributed by atoms with Gasteiger partial charge in [-0.15, -0.1) is 5.10 Å². The van der Waals surface area contributed by atoms with Crippen molar-refractivity contribution >= 4 is 17.5 Å². The molecule has 0 saturated heterocycles. The third-order valence-electron chi connectivity index (χ3n) is 4.57. The smallest absolute Gasteiger partial charge is 0.214 e.